The normalized spacial score (nSPS) is 16.4. The van der Waals surface area contributed by atoms with Gasteiger partial charge in [0.25, 0.3) is 5.91 Å². The van der Waals surface area contributed by atoms with Crippen LogP contribution in [0.4, 0.5) is 11.8 Å². The van der Waals surface area contributed by atoms with E-state index in [1.54, 1.807) is 22.8 Å². The van der Waals surface area contributed by atoms with Crippen molar-refractivity contribution in [1.82, 2.24) is 29.9 Å². The highest BCUT2D eigenvalue weighted by atomic mass is 16.5. The van der Waals surface area contributed by atoms with Gasteiger partial charge in [-0.15, -0.1) is 5.10 Å². The first-order valence-electron chi connectivity index (χ1n) is 9.63. The Morgan fingerprint density at radius 1 is 1.34 bits per heavy atom. The van der Waals surface area contributed by atoms with E-state index in [9.17, 15) is 4.79 Å². The monoisotopic (exact) mass is 396 g/mol. The van der Waals surface area contributed by atoms with Crippen LogP contribution in [0.15, 0.2) is 24.5 Å². The molecule has 3 aromatic rings. The lowest BCUT2D eigenvalue weighted by atomic mass is 10.3. The largest absolute Gasteiger partial charge is 0.477 e. The van der Waals surface area contributed by atoms with Crippen molar-refractivity contribution in [3.8, 4) is 5.88 Å². The quantitative estimate of drug-likeness (QED) is 0.641. The van der Waals surface area contributed by atoms with Gasteiger partial charge in [0.1, 0.15) is 5.56 Å². The Bertz CT molecular complexity index is 1030. The van der Waals surface area contributed by atoms with Gasteiger partial charge in [0.2, 0.25) is 11.8 Å². The van der Waals surface area contributed by atoms with Gasteiger partial charge in [-0.05, 0) is 39.4 Å². The third-order valence-electron chi connectivity index (χ3n) is 4.83. The zero-order chi connectivity index (χ0) is 20.4. The van der Waals surface area contributed by atoms with Crippen LogP contribution in [0.2, 0.25) is 0 Å². The number of hydrogen-bond acceptors (Lipinski definition) is 8. The number of anilines is 2. The molecule has 0 spiro atoms. The summed E-state index contributed by atoms with van der Waals surface area (Å²) in [4.78, 5) is 28.1. The average molecular weight is 396 g/mol. The fraction of sp³-hybridized carbons (Fsp3) is 0.421. The van der Waals surface area contributed by atoms with Gasteiger partial charge < -0.3 is 20.3 Å². The number of rotatable bonds is 6. The molecule has 4 heterocycles. The van der Waals surface area contributed by atoms with Gasteiger partial charge in [-0.3, -0.25) is 4.79 Å². The lowest BCUT2D eigenvalue weighted by molar-refractivity contribution is 0.102. The van der Waals surface area contributed by atoms with Gasteiger partial charge >= 0.3 is 0 Å². The molecule has 10 heteroatoms. The summed E-state index contributed by atoms with van der Waals surface area (Å²) in [6, 6.07) is 3.91. The molecule has 0 saturated carbocycles. The van der Waals surface area contributed by atoms with Crippen LogP contribution in [0.5, 0.6) is 5.88 Å². The SMILES string of the molecule is CCOc1nc(N2CCC(NC)C2)ncc1C(=O)Nc1ccc2nc(C)cn2n1. The standard InChI is InChI=1S/C19H24N8O2/c1-4-29-18-14(9-21-19(24-18)26-8-7-13(11-26)20-3)17(28)23-15-5-6-16-22-12(2)10-27(16)25-15/h5-6,9-10,13,20H,4,7-8,11H2,1-3H3,(H,23,25,28). The van der Waals surface area contributed by atoms with Crippen molar-refractivity contribution in [3.05, 3.63) is 35.8 Å². The Kier molecular flexibility index (Phi) is 5.26. The maximum absolute atomic E-state index is 12.8. The van der Waals surface area contributed by atoms with Crippen molar-refractivity contribution in [1.29, 1.82) is 0 Å². The molecule has 0 aromatic carbocycles. The van der Waals surface area contributed by atoms with Crippen LogP contribution < -0.4 is 20.3 Å². The number of likely N-dealkylation sites (N-methyl/N-ethyl adjacent to an activating group) is 1. The number of ether oxygens (including phenoxy) is 1. The van der Waals surface area contributed by atoms with Gasteiger partial charge in [0, 0.05) is 25.3 Å². The molecule has 1 fully saturated rings. The van der Waals surface area contributed by atoms with Crippen molar-refractivity contribution in [2.45, 2.75) is 26.3 Å². The number of imidazole rings is 1. The molecule has 1 saturated heterocycles. The summed E-state index contributed by atoms with van der Waals surface area (Å²) in [7, 11) is 1.95. The number of carbonyl (C=O) groups is 1. The predicted octanol–water partition coefficient (Wildman–Crippen LogP) is 1.28. The van der Waals surface area contributed by atoms with E-state index in [1.807, 2.05) is 20.9 Å². The van der Waals surface area contributed by atoms with Gasteiger partial charge in [-0.2, -0.15) is 4.98 Å². The molecule has 0 radical (unpaired) electrons. The molecular weight excluding hydrogens is 372 g/mol. The first-order chi connectivity index (χ1) is 14.1. The van der Waals surface area contributed by atoms with E-state index < -0.39 is 0 Å². The second kappa shape index (κ2) is 8.00. The van der Waals surface area contributed by atoms with Crippen LogP contribution in [0.25, 0.3) is 5.65 Å². The second-order valence-electron chi connectivity index (χ2n) is 6.90. The van der Waals surface area contributed by atoms with Crippen molar-refractivity contribution < 1.29 is 9.53 Å². The minimum absolute atomic E-state index is 0.266. The maximum Gasteiger partial charge on any atom is 0.263 e. The Hall–Kier alpha value is -3.27. The van der Waals surface area contributed by atoms with E-state index in [4.69, 9.17) is 4.74 Å². The molecule has 1 atom stereocenters. The van der Waals surface area contributed by atoms with Crippen LogP contribution in [0, 0.1) is 6.92 Å². The Morgan fingerprint density at radius 3 is 2.97 bits per heavy atom. The highest BCUT2D eigenvalue weighted by molar-refractivity contribution is 6.05. The van der Waals surface area contributed by atoms with E-state index in [-0.39, 0.29) is 17.4 Å². The fourth-order valence-electron chi connectivity index (χ4n) is 3.34. The van der Waals surface area contributed by atoms with Crippen molar-refractivity contribution in [2.24, 2.45) is 0 Å². The minimum atomic E-state index is -0.377. The number of aryl methyl sites for hydroxylation is 1. The van der Waals surface area contributed by atoms with E-state index in [0.717, 1.165) is 25.2 Å². The third kappa shape index (κ3) is 3.97. The molecule has 3 aromatic heterocycles. The molecule has 0 bridgehead atoms. The molecule has 1 aliphatic rings. The van der Waals surface area contributed by atoms with Gasteiger partial charge in [-0.25, -0.2) is 14.5 Å². The summed E-state index contributed by atoms with van der Waals surface area (Å²) in [5.41, 5.74) is 1.84. The number of hydrogen-bond donors (Lipinski definition) is 2. The summed E-state index contributed by atoms with van der Waals surface area (Å²) >= 11 is 0. The zero-order valence-corrected chi connectivity index (χ0v) is 16.7. The van der Waals surface area contributed by atoms with E-state index >= 15 is 0 Å². The molecule has 2 N–H and O–H groups in total. The molecular formula is C19H24N8O2. The van der Waals surface area contributed by atoms with Crippen LogP contribution in [0.3, 0.4) is 0 Å². The maximum atomic E-state index is 12.8. The first-order valence-corrected chi connectivity index (χ1v) is 9.63. The van der Waals surface area contributed by atoms with E-state index in [2.05, 4.69) is 35.6 Å². The van der Waals surface area contributed by atoms with Crippen LogP contribution >= 0.6 is 0 Å². The molecule has 1 amide bonds. The highest BCUT2D eigenvalue weighted by Gasteiger charge is 2.25. The fourth-order valence-corrected chi connectivity index (χ4v) is 3.34. The second-order valence-corrected chi connectivity index (χ2v) is 6.90. The Morgan fingerprint density at radius 2 is 2.21 bits per heavy atom. The number of carbonyl (C=O) groups excluding carboxylic acids is 1. The lowest BCUT2D eigenvalue weighted by Gasteiger charge is -2.18. The molecule has 152 valence electrons. The van der Waals surface area contributed by atoms with Crippen molar-refractivity contribution in [2.75, 3.05) is 37.0 Å². The summed E-state index contributed by atoms with van der Waals surface area (Å²) in [6.45, 7) is 5.82. The molecule has 10 nitrogen and oxygen atoms in total. The number of aromatic nitrogens is 5. The predicted molar refractivity (Wildman–Crippen MR) is 109 cm³/mol. The lowest BCUT2D eigenvalue weighted by Crippen LogP contribution is -2.30. The summed E-state index contributed by atoms with van der Waals surface area (Å²) in [5, 5.41) is 10.4. The molecule has 0 aliphatic carbocycles. The topological polar surface area (TPSA) is 110 Å². The van der Waals surface area contributed by atoms with Gasteiger partial charge in [0.15, 0.2) is 11.5 Å². The van der Waals surface area contributed by atoms with Crippen LogP contribution in [0.1, 0.15) is 29.4 Å². The summed E-state index contributed by atoms with van der Waals surface area (Å²) in [6.07, 6.45) is 4.33. The van der Waals surface area contributed by atoms with Crippen LogP contribution in [-0.4, -0.2) is 63.3 Å². The van der Waals surface area contributed by atoms with E-state index in [0.29, 0.717) is 30.1 Å². The van der Waals surface area contributed by atoms with Crippen molar-refractivity contribution >= 4 is 23.3 Å². The highest BCUT2D eigenvalue weighted by Crippen LogP contribution is 2.23. The molecule has 4 rings (SSSR count). The number of amides is 1. The zero-order valence-electron chi connectivity index (χ0n) is 16.7. The van der Waals surface area contributed by atoms with Gasteiger partial charge in [0.05, 0.1) is 18.5 Å². The number of nitrogens with one attached hydrogen (secondary N) is 2. The van der Waals surface area contributed by atoms with Gasteiger partial charge in [-0.1, -0.05) is 0 Å². The van der Waals surface area contributed by atoms with Crippen molar-refractivity contribution in [3.63, 3.8) is 0 Å². The average Bonchev–Trinajstić information content (AvgIpc) is 3.33. The molecule has 1 unspecified atom stereocenters. The number of nitrogens with zero attached hydrogens (tertiary/aromatic N) is 6. The first kappa shape index (κ1) is 19.1. The smallest absolute Gasteiger partial charge is 0.263 e. The Labute approximate surface area is 168 Å². The van der Waals surface area contributed by atoms with E-state index in [1.165, 1.54) is 6.20 Å². The Balaban J connectivity index is 1.56. The number of fused-ring (bicyclic) bond motifs is 1. The van der Waals surface area contributed by atoms with Crippen LogP contribution in [-0.2, 0) is 0 Å². The third-order valence-corrected chi connectivity index (χ3v) is 4.83. The minimum Gasteiger partial charge on any atom is -0.477 e. The molecule has 1 aliphatic heterocycles. The summed E-state index contributed by atoms with van der Waals surface area (Å²) < 4.78 is 7.26. The summed E-state index contributed by atoms with van der Waals surface area (Å²) in [5.74, 6) is 0.861. The molecule has 29 heavy (non-hydrogen) atoms.